The number of aryl methyl sites for hydroxylation is 1. The summed E-state index contributed by atoms with van der Waals surface area (Å²) in [6.07, 6.45) is 8.54. The average molecular weight is 453 g/mol. The van der Waals surface area contributed by atoms with Gasteiger partial charge in [0.15, 0.2) is 17.8 Å². The van der Waals surface area contributed by atoms with E-state index in [1.165, 1.54) is 6.33 Å². The van der Waals surface area contributed by atoms with Crippen LogP contribution < -0.4 is 5.73 Å². The van der Waals surface area contributed by atoms with Crippen molar-refractivity contribution in [3.8, 4) is 0 Å². The Bertz CT molecular complexity index is 889. The molecule has 0 spiro atoms. The number of anilines is 1. The molecule has 2 unspecified atom stereocenters. The van der Waals surface area contributed by atoms with Gasteiger partial charge in [0.05, 0.1) is 26.1 Å². The van der Waals surface area contributed by atoms with Gasteiger partial charge in [-0.15, -0.1) is 0 Å². The fourth-order valence-corrected chi connectivity index (χ4v) is 4.81. The number of aromatic nitrogens is 4. The number of ether oxygens (including phenoxy) is 2. The molecule has 0 aliphatic carbocycles. The van der Waals surface area contributed by atoms with Crippen molar-refractivity contribution in [2.24, 2.45) is 5.92 Å². The normalized spacial score (nSPS) is 18.7. The van der Waals surface area contributed by atoms with Gasteiger partial charge in [-0.1, -0.05) is 6.08 Å². The summed E-state index contributed by atoms with van der Waals surface area (Å²) >= 11 is 0. The molecule has 1 aliphatic heterocycles. The molecule has 1 fully saturated rings. The minimum atomic E-state index is -3.28. The van der Waals surface area contributed by atoms with E-state index < -0.39 is 7.60 Å². The predicted octanol–water partition coefficient (Wildman–Crippen LogP) is 3.74. The van der Waals surface area contributed by atoms with Crippen molar-refractivity contribution >= 4 is 24.6 Å². The number of nitrogens with zero attached hydrogens (tertiary/aromatic N) is 4. The Kier molecular flexibility index (Phi) is 8.98. The minimum absolute atomic E-state index is 0.0311. The second-order valence-corrected chi connectivity index (χ2v) is 9.16. The van der Waals surface area contributed by atoms with Gasteiger partial charge in [0.25, 0.3) is 0 Å². The first kappa shape index (κ1) is 23.8. The molecule has 2 aromatic rings. The molecule has 2 aromatic heterocycles. The van der Waals surface area contributed by atoms with E-state index in [-0.39, 0.29) is 12.2 Å². The van der Waals surface area contributed by atoms with Crippen LogP contribution in [0.1, 0.15) is 39.5 Å². The molecule has 0 amide bonds. The Morgan fingerprint density at radius 3 is 2.81 bits per heavy atom. The lowest BCUT2D eigenvalue weighted by atomic mass is 10.1. The van der Waals surface area contributed by atoms with E-state index in [1.807, 2.05) is 10.6 Å². The molecule has 2 atom stereocenters. The first-order chi connectivity index (χ1) is 15.0. The molecule has 2 N–H and O–H groups in total. The zero-order valence-corrected chi connectivity index (χ0v) is 19.1. The van der Waals surface area contributed by atoms with E-state index in [9.17, 15) is 4.57 Å². The number of hydrogen-bond acceptors (Lipinski definition) is 9. The highest BCUT2D eigenvalue weighted by Crippen LogP contribution is 2.49. The van der Waals surface area contributed by atoms with Crippen molar-refractivity contribution in [1.29, 1.82) is 0 Å². The maximum absolute atomic E-state index is 12.8. The summed E-state index contributed by atoms with van der Waals surface area (Å²) in [6, 6.07) is 0. The van der Waals surface area contributed by atoms with Crippen LogP contribution in [0.5, 0.6) is 0 Å². The van der Waals surface area contributed by atoms with Crippen molar-refractivity contribution in [3.63, 3.8) is 0 Å². The molecule has 3 heterocycles. The van der Waals surface area contributed by atoms with Crippen LogP contribution in [-0.2, 0) is 29.6 Å². The van der Waals surface area contributed by atoms with Crippen molar-refractivity contribution in [2.45, 2.75) is 52.4 Å². The maximum Gasteiger partial charge on any atom is 0.353 e. The highest BCUT2D eigenvalue weighted by Gasteiger charge is 2.21. The molecule has 3 rings (SSSR count). The minimum Gasteiger partial charge on any atom is -0.382 e. The molecular weight excluding hydrogens is 421 g/mol. The SMILES string of the molecule is CCOP(=O)(C=CC(CCn1cnc2c(N)ncnc21)COC1CCCCO1)OCC. The van der Waals surface area contributed by atoms with Gasteiger partial charge in [-0.2, -0.15) is 0 Å². The Labute approximate surface area is 182 Å². The summed E-state index contributed by atoms with van der Waals surface area (Å²) in [5.41, 5.74) is 7.14. The van der Waals surface area contributed by atoms with Gasteiger partial charge in [0, 0.05) is 24.9 Å². The van der Waals surface area contributed by atoms with Crippen molar-refractivity contribution in [3.05, 3.63) is 24.5 Å². The van der Waals surface area contributed by atoms with Gasteiger partial charge in [0.1, 0.15) is 11.8 Å². The molecule has 31 heavy (non-hydrogen) atoms. The third-order valence-corrected chi connectivity index (χ3v) is 6.74. The maximum atomic E-state index is 12.8. The summed E-state index contributed by atoms with van der Waals surface area (Å²) in [7, 11) is -3.28. The fourth-order valence-electron chi connectivity index (χ4n) is 3.39. The Hall–Kier alpha value is -1.84. The zero-order valence-electron chi connectivity index (χ0n) is 18.2. The van der Waals surface area contributed by atoms with E-state index in [0.717, 1.165) is 25.9 Å². The number of rotatable bonds is 12. The lowest BCUT2D eigenvalue weighted by Crippen LogP contribution is -2.25. The molecular formula is C20H32N5O5P. The molecule has 10 nitrogen and oxygen atoms in total. The van der Waals surface area contributed by atoms with Crippen LogP contribution in [0.25, 0.3) is 11.2 Å². The monoisotopic (exact) mass is 453 g/mol. The molecule has 1 aliphatic rings. The van der Waals surface area contributed by atoms with Gasteiger partial charge in [-0.3, -0.25) is 4.57 Å². The second kappa shape index (κ2) is 11.7. The summed E-state index contributed by atoms with van der Waals surface area (Å²) in [5.74, 6) is 1.87. The lowest BCUT2D eigenvalue weighted by molar-refractivity contribution is -0.167. The van der Waals surface area contributed by atoms with Crippen LogP contribution in [0, 0.1) is 5.92 Å². The van der Waals surface area contributed by atoms with E-state index in [1.54, 1.807) is 26.0 Å². The largest absolute Gasteiger partial charge is 0.382 e. The molecule has 0 aromatic carbocycles. The number of nitrogens with two attached hydrogens (primary N) is 1. The van der Waals surface area contributed by atoms with E-state index in [0.29, 0.717) is 49.8 Å². The fraction of sp³-hybridized carbons (Fsp3) is 0.650. The van der Waals surface area contributed by atoms with Crippen LogP contribution in [0.2, 0.25) is 0 Å². The Morgan fingerprint density at radius 1 is 1.29 bits per heavy atom. The number of nitrogen functional groups attached to an aromatic ring is 1. The summed E-state index contributed by atoms with van der Waals surface area (Å²) in [4.78, 5) is 12.6. The van der Waals surface area contributed by atoms with Gasteiger partial charge < -0.3 is 28.8 Å². The van der Waals surface area contributed by atoms with E-state index in [2.05, 4.69) is 15.0 Å². The predicted molar refractivity (Wildman–Crippen MR) is 117 cm³/mol. The standard InChI is InChI=1S/C20H32N5O5P/c1-3-29-31(26,30-4-2)12-9-16(13-28-17-7-5-6-11-27-17)8-10-25-15-24-18-19(21)22-14-23-20(18)25/h9,12,14-17H,3-8,10-11,13H2,1-2H3,(H2,21,22,23). The molecule has 0 radical (unpaired) electrons. The Balaban J connectivity index is 1.69. The van der Waals surface area contributed by atoms with Crippen molar-refractivity contribution in [2.75, 3.05) is 32.2 Å². The first-order valence-corrected chi connectivity index (χ1v) is 12.4. The zero-order chi connectivity index (χ0) is 22.1. The number of hydrogen-bond donors (Lipinski definition) is 1. The smallest absolute Gasteiger partial charge is 0.353 e. The van der Waals surface area contributed by atoms with Crippen LogP contribution in [0.3, 0.4) is 0 Å². The lowest BCUT2D eigenvalue weighted by Gasteiger charge is -2.24. The van der Waals surface area contributed by atoms with Crippen LogP contribution in [0.4, 0.5) is 5.82 Å². The molecule has 11 heteroatoms. The van der Waals surface area contributed by atoms with Crippen LogP contribution in [0.15, 0.2) is 24.5 Å². The topological polar surface area (TPSA) is 124 Å². The van der Waals surface area contributed by atoms with Crippen molar-refractivity contribution < 1.29 is 23.1 Å². The van der Waals surface area contributed by atoms with Crippen molar-refractivity contribution in [1.82, 2.24) is 19.5 Å². The number of imidazole rings is 1. The van der Waals surface area contributed by atoms with Gasteiger partial charge in [-0.05, 0) is 39.5 Å². The van der Waals surface area contributed by atoms with Gasteiger partial charge >= 0.3 is 7.60 Å². The highest BCUT2D eigenvalue weighted by atomic mass is 31.2. The summed E-state index contributed by atoms with van der Waals surface area (Å²) in [5, 5.41) is 0. The quantitative estimate of drug-likeness (QED) is 0.479. The molecule has 0 bridgehead atoms. The van der Waals surface area contributed by atoms with E-state index >= 15 is 0 Å². The van der Waals surface area contributed by atoms with Crippen LogP contribution in [-0.4, -0.2) is 52.2 Å². The van der Waals surface area contributed by atoms with E-state index in [4.69, 9.17) is 24.3 Å². The summed E-state index contributed by atoms with van der Waals surface area (Å²) in [6.45, 7) is 5.98. The summed E-state index contributed by atoms with van der Waals surface area (Å²) < 4.78 is 37.2. The molecule has 1 saturated heterocycles. The van der Waals surface area contributed by atoms with Crippen LogP contribution >= 0.6 is 7.60 Å². The third kappa shape index (κ3) is 6.82. The second-order valence-electron chi connectivity index (χ2n) is 7.26. The van der Waals surface area contributed by atoms with Gasteiger partial charge in [0.2, 0.25) is 0 Å². The van der Waals surface area contributed by atoms with Gasteiger partial charge in [-0.25, -0.2) is 15.0 Å². The number of fused-ring (bicyclic) bond motifs is 1. The molecule has 0 saturated carbocycles. The first-order valence-electron chi connectivity index (χ1n) is 10.8. The Morgan fingerprint density at radius 2 is 2.10 bits per heavy atom. The third-order valence-electron chi connectivity index (χ3n) is 4.96. The average Bonchev–Trinajstić information content (AvgIpc) is 3.19. The molecule has 172 valence electrons. The highest BCUT2D eigenvalue weighted by molar-refractivity contribution is 7.57.